The van der Waals surface area contributed by atoms with E-state index in [1.807, 2.05) is 0 Å². The van der Waals surface area contributed by atoms with Gasteiger partial charge in [0.1, 0.15) is 23.8 Å². The number of carbonyl (C=O) groups excluding carboxylic acids is 1. The summed E-state index contributed by atoms with van der Waals surface area (Å²) in [6.07, 6.45) is 0. The van der Waals surface area contributed by atoms with Crippen molar-refractivity contribution in [1.29, 1.82) is 0 Å². The Hall–Kier alpha value is -2.44. The van der Waals surface area contributed by atoms with Gasteiger partial charge in [0.15, 0.2) is 5.78 Å². The molecule has 1 heterocycles. The van der Waals surface area contributed by atoms with Crippen LogP contribution in [-0.2, 0) is 6.61 Å². The van der Waals surface area contributed by atoms with Crippen LogP contribution in [0.25, 0.3) is 10.9 Å². The van der Waals surface area contributed by atoms with E-state index in [2.05, 4.69) is 4.98 Å². The molecule has 0 aliphatic carbocycles. The van der Waals surface area contributed by atoms with Crippen LogP contribution in [-0.4, -0.2) is 10.8 Å². The molecule has 1 N–H and O–H groups in total. The van der Waals surface area contributed by atoms with E-state index in [9.17, 15) is 18.4 Å². The number of rotatable bonds is 4. The first kappa shape index (κ1) is 18.4. The van der Waals surface area contributed by atoms with Crippen LogP contribution in [0.2, 0.25) is 10.0 Å². The predicted molar refractivity (Wildman–Crippen MR) is 95.3 cm³/mol. The first-order valence-corrected chi connectivity index (χ1v) is 8.16. The summed E-state index contributed by atoms with van der Waals surface area (Å²) in [6.45, 7) is 1.11. The Morgan fingerprint density at radius 3 is 2.54 bits per heavy atom. The Balaban J connectivity index is 2.09. The molecule has 0 saturated carbocycles. The lowest BCUT2D eigenvalue weighted by Gasteiger charge is -2.12. The molecule has 4 nitrogen and oxygen atoms in total. The van der Waals surface area contributed by atoms with Crippen molar-refractivity contribution in [1.82, 2.24) is 4.98 Å². The average molecular weight is 398 g/mol. The standard InChI is InChI=1S/C18H11Cl2F2NO3/c1-8(24)15-17(25)11-5-10(21)6-14(22)16(11)23-18(15)26-7-9-2-3-12(19)13(20)4-9/h2-6H,7H2,1H3,(H,23,25). The molecule has 8 heteroatoms. The minimum atomic E-state index is -0.966. The summed E-state index contributed by atoms with van der Waals surface area (Å²) in [5.41, 5.74) is -0.753. The quantitative estimate of drug-likeness (QED) is 0.637. The van der Waals surface area contributed by atoms with Crippen LogP contribution in [0.15, 0.2) is 35.1 Å². The van der Waals surface area contributed by atoms with Crippen LogP contribution in [0.1, 0.15) is 22.8 Å². The third kappa shape index (κ3) is 3.43. The minimum absolute atomic E-state index is 0.0541. The second-order valence-corrected chi connectivity index (χ2v) is 6.38. The van der Waals surface area contributed by atoms with Gasteiger partial charge in [0.25, 0.3) is 0 Å². The highest BCUT2D eigenvalue weighted by atomic mass is 35.5. The first-order chi connectivity index (χ1) is 12.3. The number of halogens is 4. The van der Waals surface area contributed by atoms with Gasteiger partial charge in [0.2, 0.25) is 11.3 Å². The summed E-state index contributed by atoms with van der Waals surface area (Å²) in [5, 5.41) is 0.408. The Morgan fingerprint density at radius 1 is 1.15 bits per heavy atom. The number of H-pyrrole nitrogens is 1. The van der Waals surface area contributed by atoms with Crippen LogP contribution in [0.4, 0.5) is 8.78 Å². The number of fused-ring (bicyclic) bond motifs is 1. The van der Waals surface area contributed by atoms with Crippen molar-refractivity contribution in [2.45, 2.75) is 13.5 Å². The number of benzene rings is 2. The van der Waals surface area contributed by atoms with Crippen LogP contribution >= 0.6 is 23.2 Å². The lowest BCUT2D eigenvalue weighted by molar-refractivity contribution is 0.101. The summed E-state index contributed by atoms with van der Waals surface area (Å²) >= 11 is 11.8. The molecular weight excluding hydrogens is 387 g/mol. The van der Waals surface area contributed by atoms with Crippen LogP contribution < -0.4 is 10.2 Å². The number of hydrogen-bond donors (Lipinski definition) is 1. The molecule has 0 radical (unpaired) electrons. The molecule has 0 aliphatic rings. The molecule has 0 amide bonds. The average Bonchev–Trinajstić information content (AvgIpc) is 2.56. The summed E-state index contributed by atoms with van der Waals surface area (Å²) in [7, 11) is 0. The van der Waals surface area contributed by atoms with Gasteiger partial charge < -0.3 is 9.72 Å². The molecule has 134 valence electrons. The van der Waals surface area contributed by atoms with E-state index in [1.165, 1.54) is 0 Å². The lowest BCUT2D eigenvalue weighted by atomic mass is 10.1. The first-order valence-electron chi connectivity index (χ1n) is 7.40. The Kier molecular flexibility index (Phi) is 4.98. The number of hydrogen-bond acceptors (Lipinski definition) is 3. The topological polar surface area (TPSA) is 59.2 Å². The molecule has 0 unspecified atom stereocenters. The molecule has 0 spiro atoms. The molecule has 0 fully saturated rings. The van der Waals surface area contributed by atoms with E-state index in [0.29, 0.717) is 21.7 Å². The molecule has 0 saturated heterocycles. The van der Waals surface area contributed by atoms with Crippen LogP contribution in [0.3, 0.4) is 0 Å². The van der Waals surface area contributed by atoms with Gasteiger partial charge in [-0.15, -0.1) is 0 Å². The monoisotopic (exact) mass is 397 g/mol. The maximum atomic E-state index is 14.0. The number of carbonyl (C=O) groups is 1. The summed E-state index contributed by atoms with van der Waals surface area (Å²) in [6, 6.07) is 6.28. The number of aromatic amines is 1. The highest BCUT2D eigenvalue weighted by Gasteiger charge is 2.20. The van der Waals surface area contributed by atoms with Gasteiger partial charge in [-0.25, -0.2) is 8.78 Å². The predicted octanol–water partition coefficient (Wildman–Crippen LogP) is 4.89. The van der Waals surface area contributed by atoms with Crippen molar-refractivity contribution in [3.05, 3.63) is 73.4 Å². The zero-order valence-corrected chi connectivity index (χ0v) is 14.8. The molecule has 3 aromatic rings. The molecule has 0 aliphatic heterocycles. The maximum absolute atomic E-state index is 14.0. The van der Waals surface area contributed by atoms with Gasteiger partial charge in [0, 0.05) is 6.07 Å². The minimum Gasteiger partial charge on any atom is -0.473 e. The second kappa shape index (κ2) is 7.05. The molecule has 2 aromatic carbocycles. The van der Waals surface area contributed by atoms with Crippen LogP contribution in [0, 0.1) is 11.6 Å². The van der Waals surface area contributed by atoms with Crippen molar-refractivity contribution in [3.63, 3.8) is 0 Å². The molecule has 0 bridgehead atoms. The van der Waals surface area contributed by atoms with Gasteiger partial charge in [-0.05, 0) is 30.7 Å². The molecule has 26 heavy (non-hydrogen) atoms. The smallest absolute Gasteiger partial charge is 0.206 e. The van der Waals surface area contributed by atoms with E-state index >= 15 is 0 Å². The van der Waals surface area contributed by atoms with E-state index in [1.54, 1.807) is 18.2 Å². The fourth-order valence-corrected chi connectivity index (χ4v) is 2.83. The second-order valence-electron chi connectivity index (χ2n) is 5.56. The Morgan fingerprint density at radius 2 is 1.88 bits per heavy atom. The highest BCUT2D eigenvalue weighted by Crippen LogP contribution is 2.25. The largest absolute Gasteiger partial charge is 0.473 e. The number of nitrogens with one attached hydrogen (secondary N) is 1. The van der Waals surface area contributed by atoms with Gasteiger partial charge in [0.05, 0.1) is 20.9 Å². The zero-order valence-electron chi connectivity index (χ0n) is 13.3. The molecule has 3 rings (SSSR count). The van der Waals surface area contributed by atoms with Gasteiger partial charge in [-0.2, -0.15) is 0 Å². The number of Topliss-reactive ketones (excluding diaryl/α,β-unsaturated/α-hetero) is 1. The summed E-state index contributed by atoms with van der Waals surface area (Å²) < 4.78 is 33.0. The van der Waals surface area contributed by atoms with Gasteiger partial charge >= 0.3 is 0 Å². The molecule has 1 aromatic heterocycles. The summed E-state index contributed by atoms with van der Waals surface area (Å²) in [4.78, 5) is 27.0. The SMILES string of the molecule is CC(=O)c1c(OCc2ccc(Cl)c(Cl)c2)[nH]c2c(F)cc(F)cc2c1=O. The van der Waals surface area contributed by atoms with Gasteiger partial charge in [-0.1, -0.05) is 29.3 Å². The van der Waals surface area contributed by atoms with E-state index < -0.39 is 22.8 Å². The van der Waals surface area contributed by atoms with E-state index in [-0.39, 0.29) is 29.0 Å². The fourth-order valence-electron chi connectivity index (χ4n) is 2.51. The van der Waals surface area contributed by atoms with Crippen molar-refractivity contribution in [2.24, 2.45) is 0 Å². The van der Waals surface area contributed by atoms with E-state index in [4.69, 9.17) is 27.9 Å². The van der Waals surface area contributed by atoms with Gasteiger partial charge in [-0.3, -0.25) is 9.59 Å². The normalized spacial score (nSPS) is 11.0. The molecule has 0 atom stereocenters. The molecular formula is C18H11Cl2F2NO3. The summed E-state index contributed by atoms with van der Waals surface area (Å²) in [5.74, 6) is -2.68. The van der Waals surface area contributed by atoms with Crippen molar-refractivity contribution >= 4 is 39.9 Å². The number of ether oxygens (including phenoxy) is 1. The van der Waals surface area contributed by atoms with Crippen molar-refractivity contribution in [2.75, 3.05) is 0 Å². The zero-order chi connectivity index (χ0) is 19.0. The Labute approximate surface area is 156 Å². The third-order valence-corrected chi connectivity index (χ3v) is 4.45. The third-order valence-electron chi connectivity index (χ3n) is 3.71. The number of pyridine rings is 1. The number of ketones is 1. The number of aromatic nitrogens is 1. The fraction of sp³-hybridized carbons (Fsp3) is 0.111. The Bertz CT molecular complexity index is 1100. The van der Waals surface area contributed by atoms with Crippen molar-refractivity contribution < 1.29 is 18.3 Å². The maximum Gasteiger partial charge on any atom is 0.206 e. The highest BCUT2D eigenvalue weighted by molar-refractivity contribution is 6.42. The van der Waals surface area contributed by atoms with Crippen LogP contribution in [0.5, 0.6) is 5.88 Å². The van der Waals surface area contributed by atoms with Crippen molar-refractivity contribution in [3.8, 4) is 5.88 Å². The lowest BCUT2D eigenvalue weighted by Crippen LogP contribution is -2.18. The van der Waals surface area contributed by atoms with E-state index in [0.717, 1.165) is 13.0 Å².